The van der Waals surface area contributed by atoms with Gasteiger partial charge in [0.05, 0.1) is 5.56 Å². The number of nitrogens with one attached hydrogen (secondary N) is 1. The number of para-hydroxylation sites is 2. The summed E-state index contributed by atoms with van der Waals surface area (Å²) in [7, 11) is 0. The normalized spacial score (nSPS) is 12.8. The van der Waals surface area contributed by atoms with Crippen molar-refractivity contribution in [3.63, 3.8) is 0 Å². The second kappa shape index (κ2) is 6.51. The molecule has 7 heteroatoms. The average Bonchev–Trinajstić information content (AvgIpc) is 3.09. The van der Waals surface area contributed by atoms with Crippen LogP contribution >= 0.6 is 0 Å². The Labute approximate surface area is 148 Å². The molecule has 0 radical (unpaired) electrons. The number of anilines is 3. The molecule has 0 saturated carbocycles. The zero-order chi connectivity index (χ0) is 18.1. The molecule has 0 aliphatic carbocycles. The summed E-state index contributed by atoms with van der Waals surface area (Å²) in [5.74, 6) is -1.89. The molecular weight excluding hydrogens is 338 g/mol. The van der Waals surface area contributed by atoms with Crippen molar-refractivity contribution in [3.8, 4) is 0 Å². The van der Waals surface area contributed by atoms with Gasteiger partial charge in [-0.3, -0.25) is 4.79 Å². The number of hydrogen-bond acceptors (Lipinski definition) is 4. The quantitative estimate of drug-likeness (QED) is 0.781. The van der Waals surface area contributed by atoms with Crippen LogP contribution in [0.25, 0.3) is 0 Å². The van der Waals surface area contributed by atoms with Crippen LogP contribution in [-0.4, -0.2) is 22.4 Å². The van der Waals surface area contributed by atoms with E-state index in [1.165, 1.54) is 24.0 Å². The number of carbonyl (C=O) groups is 1. The van der Waals surface area contributed by atoms with Crippen LogP contribution in [-0.2, 0) is 6.42 Å². The number of fused-ring (bicyclic) bond motifs is 1. The third-order valence-electron chi connectivity index (χ3n) is 4.23. The number of aromatic nitrogens is 2. The molecule has 1 aromatic heterocycles. The summed E-state index contributed by atoms with van der Waals surface area (Å²) in [5.41, 5.74) is 1.88. The molecule has 1 amide bonds. The third-order valence-corrected chi connectivity index (χ3v) is 4.23. The van der Waals surface area contributed by atoms with Crippen molar-refractivity contribution in [2.75, 3.05) is 16.8 Å². The lowest BCUT2D eigenvalue weighted by Crippen LogP contribution is -2.18. The fourth-order valence-corrected chi connectivity index (χ4v) is 2.93. The molecule has 5 nitrogen and oxygen atoms in total. The van der Waals surface area contributed by atoms with Crippen LogP contribution in [0.1, 0.15) is 15.9 Å². The second-order valence-electron chi connectivity index (χ2n) is 5.85. The van der Waals surface area contributed by atoms with Gasteiger partial charge in [-0.05, 0) is 30.2 Å². The molecule has 1 aliphatic heterocycles. The van der Waals surface area contributed by atoms with Crippen molar-refractivity contribution >= 4 is 23.2 Å². The molecule has 0 unspecified atom stereocenters. The molecule has 0 saturated heterocycles. The molecule has 0 fully saturated rings. The summed E-state index contributed by atoms with van der Waals surface area (Å²) in [6.07, 6.45) is 3.59. The molecule has 1 aliphatic rings. The first kappa shape index (κ1) is 16.1. The minimum atomic E-state index is -0.843. The van der Waals surface area contributed by atoms with Crippen LogP contribution in [0.3, 0.4) is 0 Å². The first-order chi connectivity index (χ1) is 12.6. The number of amides is 1. The van der Waals surface area contributed by atoms with E-state index in [0.29, 0.717) is 5.95 Å². The third kappa shape index (κ3) is 2.88. The molecule has 2 aromatic carbocycles. The Bertz CT molecular complexity index is 955. The maximum Gasteiger partial charge on any atom is 0.258 e. The molecule has 26 heavy (non-hydrogen) atoms. The number of benzene rings is 2. The Morgan fingerprint density at radius 3 is 2.42 bits per heavy atom. The van der Waals surface area contributed by atoms with Crippen LogP contribution in [0.15, 0.2) is 54.9 Å². The summed E-state index contributed by atoms with van der Waals surface area (Å²) in [4.78, 5) is 22.6. The standard InChI is InChI=1S/C19H14F2N4O/c20-14-5-3-6-15(21)17(14)24-18(26)13-10-22-19(23-11-13)25-9-8-12-4-1-2-7-16(12)25/h1-7,10-11H,8-9H2,(H,24,26). The molecule has 0 bridgehead atoms. The van der Waals surface area contributed by atoms with Gasteiger partial charge in [0.15, 0.2) is 0 Å². The molecule has 0 spiro atoms. The highest BCUT2D eigenvalue weighted by molar-refractivity contribution is 6.04. The van der Waals surface area contributed by atoms with Crippen LogP contribution in [0.2, 0.25) is 0 Å². The highest BCUT2D eigenvalue weighted by Gasteiger charge is 2.22. The van der Waals surface area contributed by atoms with Crippen molar-refractivity contribution in [2.45, 2.75) is 6.42 Å². The molecule has 130 valence electrons. The minimum absolute atomic E-state index is 0.115. The molecule has 0 atom stereocenters. The van der Waals surface area contributed by atoms with Gasteiger partial charge in [-0.2, -0.15) is 0 Å². The first-order valence-electron chi connectivity index (χ1n) is 8.06. The lowest BCUT2D eigenvalue weighted by atomic mass is 10.2. The second-order valence-corrected chi connectivity index (χ2v) is 5.85. The van der Waals surface area contributed by atoms with Gasteiger partial charge in [0.2, 0.25) is 5.95 Å². The van der Waals surface area contributed by atoms with E-state index in [9.17, 15) is 13.6 Å². The first-order valence-corrected chi connectivity index (χ1v) is 8.06. The van der Waals surface area contributed by atoms with E-state index in [4.69, 9.17) is 0 Å². The molecule has 4 rings (SSSR count). The maximum atomic E-state index is 13.6. The Morgan fingerprint density at radius 2 is 1.69 bits per heavy atom. The summed E-state index contributed by atoms with van der Waals surface area (Å²) in [5, 5.41) is 2.22. The SMILES string of the molecule is O=C(Nc1c(F)cccc1F)c1cnc(N2CCc3ccccc32)nc1. The highest BCUT2D eigenvalue weighted by atomic mass is 19.1. The van der Waals surface area contributed by atoms with E-state index in [1.54, 1.807) is 0 Å². The predicted octanol–water partition coefficient (Wildman–Crippen LogP) is 3.70. The van der Waals surface area contributed by atoms with Gasteiger partial charge in [-0.1, -0.05) is 24.3 Å². The van der Waals surface area contributed by atoms with Crippen molar-refractivity contribution in [3.05, 3.63) is 77.6 Å². The van der Waals surface area contributed by atoms with E-state index in [-0.39, 0.29) is 5.56 Å². The highest BCUT2D eigenvalue weighted by Crippen LogP contribution is 2.32. The number of rotatable bonds is 3. The number of halogens is 2. The Morgan fingerprint density at radius 1 is 1.00 bits per heavy atom. The Kier molecular flexibility index (Phi) is 4.04. The van der Waals surface area contributed by atoms with Crippen LogP contribution in [0.5, 0.6) is 0 Å². The minimum Gasteiger partial charge on any atom is -0.317 e. The average molecular weight is 352 g/mol. The van der Waals surface area contributed by atoms with Gasteiger partial charge in [0.1, 0.15) is 17.3 Å². The number of nitrogens with zero attached hydrogens (tertiary/aromatic N) is 3. The van der Waals surface area contributed by atoms with E-state index < -0.39 is 23.2 Å². The fourth-order valence-electron chi connectivity index (χ4n) is 2.93. The van der Waals surface area contributed by atoms with E-state index in [2.05, 4.69) is 21.4 Å². The van der Waals surface area contributed by atoms with E-state index in [0.717, 1.165) is 30.8 Å². The van der Waals surface area contributed by atoms with Crippen molar-refractivity contribution < 1.29 is 13.6 Å². The van der Waals surface area contributed by atoms with Crippen LogP contribution in [0, 0.1) is 11.6 Å². The maximum absolute atomic E-state index is 13.6. The zero-order valence-electron chi connectivity index (χ0n) is 13.6. The van der Waals surface area contributed by atoms with Gasteiger partial charge in [-0.25, -0.2) is 18.7 Å². The molecule has 3 aromatic rings. The Balaban J connectivity index is 1.54. The van der Waals surface area contributed by atoms with E-state index >= 15 is 0 Å². The Hall–Kier alpha value is -3.35. The smallest absolute Gasteiger partial charge is 0.258 e. The lowest BCUT2D eigenvalue weighted by Gasteiger charge is -2.17. The summed E-state index contributed by atoms with van der Waals surface area (Å²) in [6, 6.07) is 11.4. The van der Waals surface area contributed by atoms with Gasteiger partial charge in [0.25, 0.3) is 5.91 Å². The van der Waals surface area contributed by atoms with Crippen molar-refractivity contribution in [1.29, 1.82) is 0 Å². The van der Waals surface area contributed by atoms with Crippen molar-refractivity contribution in [2.24, 2.45) is 0 Å². The molecular formula is C19H14F2N4O. The summed E-state index contributed by atoms with van der Waals surface area (Å²) < 4.78 is 27.3. The fraction of sp³-hybridized carbons (Fsp3) is 0.105. The van der Waals surface area contributed by atoms with Gasteiger partial charge >= 0.3 is 0 Å². The van der Waals surface area contributed by atoms with Crippen LogP contribution in [0.4, 0.5) is 26.1 Å². The number of carbonyl (C=O) groups excluding carboxylic acids is 1. The topological polar surface area (TPSA) is 58.1 Å². The zero-order valence-corrected chi connectivity index (χ0v) is 13.6. The van der Waals surface area contributed by atoms with Gasteiger partial charge in [0, 0.05) is 24.6 Å². The van der Waals surface area contributed by atoms with E-state index in [1.807, 2.05) is 23.1 Å². The molecule has 2 heterocycles. The molecule has 1 N–H and O–H groups in total. The van der Waals surface area contributed by atoms with Gasteiger partial charge < -0.3 is 10.2 Å². The largest absolute Gasteiger partial charge is 0.317 e. The summed E-state index contributed by atoms with van der Waals surface area (Å²) in [6.45, 7) is 0.755. The predicted molar refractivity (Wildman–Crippen MR) is 93.5 cm³/mol. The van der Waals surface area contributed by atoms with Gasteiger partial charge in [-0.15, -0.1) is 0 Å². The summed E-state index contributed by atoms with van der Waals surface area (Å²) >= 11 is 0. The monoisotopic (exact) mass is 352 g/mol. The lowest BCUT2D eigenvalue weighted by molar-refractivity contribution is 0.102. The van der Waals surface area contributed by atoms with Crippen molar-refractivity contribution in [1.82, 2.24) is 9.97 Å². The van der Waals surface area contributed by atoms with Crippen LogP contribution < -0.4 is 10.2 Å². The number of hydrogen-bond donors (Lipinski definition) is 1.